The second-order valence-electron chi connectivity index (χ2n) is 1.16. The average Bonchev–Trinajstić information content (AvgIpc) is 1.72. The first-order valence-electron chi connectivity index (χ1n) is 2.06. The van der Waals surface area contributed by atoms with Crippen molar-refractivity contribution in [3.63, 3.8) is 0 Å². The van der Waals surface area contributed by atoms with Crippen LogP contribution in [0.3, 0.4) is 0 Å². The highest BCUT2D eigenvalue weighted by Gasteiger charge is 1.87. The fourth-order valence-corrected chi connectivity index (χ4v) is 1.01. The molecule has 0 unspecified atom stereocenters. The molecule has 1 aliphatic rings. The van der Waals surface area contributed by atoms with Crippen LogP contribution in [0.4, 0.5) is 0 Å². The molecule has 1 rings (SSSR count). The quantitative estimate of drug-likeness (QED) is 0.439. The second kappa shape index (κ2) is 2.24. The van der Waals surface area contributed by atoms with Crippen LogP contribution in [0.25, 0.3) is 0 Å². The van der Waals surface area contributed by atoms with Gasteiger partial charge in [0.15, 0.2) is 0 Å². The predicted octanol–water partition coefficient (Wildman–Crippen LogP) is 0.804. The summed E-state index contributed by atoms with van der Waals surface area (Å²) in [5.41, 5.74) is 0. The summed E-state index contributed by atoms with van der Waals surface area (Å²) in [6, 6.07) is 0. The van der Waals surface area contributed by atoms with E-state index in [1.807, 2.05) is 18.0 Å². The minimum Gasteiger partial charge on any atom is -0.296 e. The molecule has 34 valence electrons. The van der Waals surface area contributed by atoms with Gasteiger partial charge in [0.05, 0.1) is 0 Å². The first-order valence-corrected chi connectivity index (χ1v) is 3.21. The lowest BCUT2D eigenvalue weighted by molar-refractivity contribution is 1.14. The van der Waals surface area contributed by atoms with Crippen LogP contribution in [-0.2, 0) is 0 Å². The van der Waals surface area contributed by atoms with E-state index in [1.54, 1.807) is 0 Å². The Bertz CT molecular complexity index is 52.6. The summed E-state index contributed by atoms with van der Waals surface area (Å²) >= 11 is 1.95. The molecule has 0 amide bonds. The number of rotatable bonds is 0. The molecule has 0 radical (unpaired) electrons. The van der Waals surface area contributed by atoms with Crippen molar-refractivity contribution >= 4 is 18.0 Å². The molecule has 0 saturated heterocycles. The normalized spacial score (nSPS) is 21.3. The van der Waals surface area contributed by atoms with Gasteiger partial charge in [-0.2, -0.15) is 11.8 Å². The molecule has 0 aromatic carbocycles. The van der Waals surface area contributed by atoms with Gasteiger partial charge in [-0.25, -0.2) is 0 Å². The van der Waals surface area contributed by atoms with Gasteiger partial charge in [0, 0.05) is 24.3 Å². The van der Waals surface area contributed by atoms with Gasteiger partial charge in [0.2, 0.25) is 0 Å². The van der Waals surface area contributed by atoms with Gasteiger partial charge in [0.25, 0.3) is 0 Å². The number of hydrogen-bond donors (Lipinski definition) is 0. The summed E-state index contributed by atoms with van der Waals surface area (Å²) in [5, 5.41) is 0. The largest absolute Gasteiger partial charge is 0.296 e. The zero-order valence-corrected chi connectivity index (χ0v) is 4.37. The second-order valence-corrected chi connectivity index (χ2v) is 2.31. The van der Waals surface area contributed by atoms with Gasteiger partial charge < -0.3 is 0 Å². The van der Waals surface area contributed by atoms with Crippen molar-refractivity contribution in [2.24, 2.45) is 4.99 Å². The Labute approximate surface area is 41.8 Å². The van der Waals surface area contributed by atoms with E-state index in [0.29, 0.717) is 0 Å². The van der Waals surface area contributed by atoms with Crippen molar-refractivity contribution in [1.82, 2.24) is 0 Å². The highest BCUT2D eigenvalue weighted by atomic mass is 32.2. The summed E-state index contributed by atoms with van der Waals surface area (Å²) in [6.07, 6.45) is 1.98. The molecular weight excluding hydrogens is 94.1 g/mol. The summed E-state index contributed by atoms with van der Waals surface area (Å²) in [7, 11) is 0. The lowest BCUT2D eigenvalue weighted by Crippen LogP contribution is -1.95. The SMILES string of the molecule is C1=NCCSC1. The van der Waals surface area contributed by atoms with Gasteiger partial charge >= 0.3 is 0 Å². The molecule has 0 bridgehead atoms. The van der Waals surface area contributed by atoms with Crippen LogP contribution < -0.4 is 0 Å². The van der Waals surface area contributed by atoms with E-state index < -0.39 is 0 Å². The fraction of sp³-hybridized carbons (Fsp3) is 0.750. The van der Waals surface area contributed by atoms with Crippen molar-refractivity contribution in [3.05, 3.63) is 0 Å². The molecule has 1 nitrogen and oxygen atoms in total. The number of hydrogen-bond acceptors (Lipinski definition) is 2. The van der Waals surface area contributed by atoms with E-state index in [1.165, 1.54) is 5.75 Å². The van der Waals surface area contributed by atoms with Crippen molar-refractivity contribution in [3.8, 4) is 0 Å². The molecule has 0 spiro atoms. The topological polar surface area (TPSA) is 12.4 Å². The van der Waals surface area contributed by atoms with Crippen molar-refractivity contribution in [2.75, 3.05) is 18.1 Å². The minimum atomic E-state index is 1.03. The Morgan fingerprint density at radius 1 is 1.67 bits per heavy atom. The fourth-order valence-electron chi connectivity index (χ4n) is 0.397. The molecule has 6 heavy (non-hydrogen) atoms. The molecule has 0 saturated carbocycles. The number of aliphatic imine (C=N–C) groups is 1. The zero-order valence-electron chi connectivity index (χ0n) is 3.55. The first-order chi connectivity index (χ1) is 3.00. The molecule has 2 heteroatoms. The number of nitrogens with zero attached hydrogens (tertiary/aromatic N) is 1. The Morgan fingerprint density at radius 2 is 2.67 bits per heavy atom. The Balaban J connectivity index is 2.26. The smallest absolute Gasteiger partial charge is 0.0476 e. The monoisotopic (exact) mass is 101 g/mol. The standard InChI is InChI=1S/C4H7NS/c1-3-6-4-2-5-1/h1H,2-4H2. The molecule has 1 heterocycles. The maximum absolute atomic E-state index is 4.03. The average molecular weight is 101 g/mol. The van der Waals surface area contributed by atoms with Crippen molar-refractivity contribution in [1.29, 1.82) is 0 Å². The third kappa shape index (κ3) is 1.01. The zero-order chi connectivity index (χ0) is 4.24. The third-order valence-electron chi connectivity index (χ3n) is 0.686. The molecule has 1 aliphatic heterocycles. The Morgan fingerprint density at radius 3 is 2.83 bits per heavy atom. The minimum absolute atomic E-state index is 1.03. The van der Waals surface area contributed by atoms with Crippen LogP contribution in [0.2, 0.25) is 0 Å². The van der Waals surface area contributed by atoms with E-state index in [-0.39, 0.29) is 0 Å². The van der Waals surface area contributed by atoms with E-state index >= 15 is 0 Å². The maximum Gasteiger partial charge on any atom is 0.0476 e. The highest BCUT2D eigenvalue weighted by Crippen LogP contribution is 2.00. The van der Waals surface area contributed by atoms with Crippen LogP contribution in [0.15, 0.2) is 4.99 Å². The van der Waals surface area contributed by atoms with Crippen molar-refractivity contribution in [2.45, 2.75) is 0 Å². The van der Waals surface area contributed by atoms with E-state index in [2.05, 4.69) is 4.99 Å². The molecule has 0 aromatic rings. The number of thioether (sulfide) groups is 1. The van der Waals surface area contributed by atoms with E-state index in [0.717, 1.165) is 12.3 Å². The summed E-state index contributed by atoms with van der Waals surface area (Å²) < 4.78 is 0. The van der Waals surface area contributed by atoms with Gasteiger partial charge in [-0.05, 0) is 0 Å². The summed E-state index contributed by atoms with van der Waals surface area (Å²) in [4.78, 5) is 4.03. The molecule has 0 atom stereocenters. The lowest BCUT2D eigenvalue weighted by Gasteiger charge is -1.97. The predicted molar refractivity (Wildman–Crippen MR) is 30.7 cm³/mol. The third-order valence-corrected chi connectivity index (χ3v) is 1.54. The highest BCUT2D eigenvalue weighted by molar-refractivity contribution is 7.99. The maximum atomic E-state index is 4.03. The lowest BCUT2D eigenvalue weighted by atomic mass is 10.7. The Hall–Kier alpha value is 0.0200. The first kappa shape index (κ1) is 4.19. The Kier molecular flexibility index (Phi) is 1.56. The van der Waals surface area contributed by atoms with Crippen LogP contribution in [0.5, 0.6) is 0 Å². The molecule has 0 aliphatic carbocycles. The summed E-state index contributed by atoms with van der Waals surface area (Å²) in [6.45, 7) is 1.03. The van der Waals surface area contributed by atoms with Gasteiger partial charge in [-0.15, -0.1) is 0 Å². The van der Waals surface area contributed by atoms with Gasteiger partial charge in [-0.3, -0.25) is 4.99 Å². The van der Waals surface area contributed by atoms with E-state index in [9.17, 15) is 0 Å². The van der Waals surface area contributed by atoms with Crippen LogP contribution in [0.1, 0.15) is 0 Å². The van der Waals surface area contributed by atoms with Crippen LogP contribution in [-0.4, -0.2) is 24.3 Å². The summed E-state index contributed by atoms with van der Waals surface area (Å²) in [5.74, 6) is 2.34. The van der Waals surface area contributed by atoms with Gasteiger partial charge in [-0.1, -0.05) is 0 Å². The molecule has 0 fully saturated rings. The van der Waals surface area contributed by atoms with E-state index in [4.69, 9.17) is 0 Å². The van der Waals surface area contributed by atoms with Crippen LogP contribution >= 0.6 is 11.8 Å². The molecule has 0 aromatic heterocycles. The molecule has 0 N–H and O–H groups in total. The van der Waals surface area contributed by atoms with Crippen molar-refractivity contribution < 1.29 is 0 Å². The van der Waals surface area contributed by atoms with Crippen LogP contribution in [0, 0.1) is 0 Å². The van der Waals surface area contributed by atoms with Gasteiger partial charge in [0.1, 0.15) is 0 Å². The molecular formula is C4H7NS.